The van der Waals surface area contributed by atoms with Gasteiger partial charge in [-0.15, -0.1) is 5.10 Å². The fourth-order valence-electron chi connectivity index (χ4n) is 6.67. The number of carbonyl (C=O) groups excluding carboxylic acids is 3. The van der Waals surface area contributed by atoms with Crippen LogP contribution in [0.3, 0.4) is 0 Å². The largest absolute Gasteiger partial charge is 0.396 e. The Morgan fingerprint density at radius 2 is 2.00 bits per heavy atom. The van der Waals surface area contributed by atoms with Crippen LogP contribution in [-0.4, -0.2) is 80.2 Å². The highest BCUT2D eigenvalue weighted by Crippen LogP contribution is 2.64. The van der Waals surface area contributed by atoms with Crippen LogP contribution in [0.4, 0.5) is 0 Å². The van der Waals surface area contributed by atoms with E-state index >= 15 is 0 Å². The van der Waals surface area contributed by atoms with Gasteiger partial charge in [-0.2, -0.15) is 0 Å². The van der Waals surface area contributed by atoms with E-state index < -0.39 is 29.1 Å². The predicted molar refractivity (Wildman–Crippen MR) is 129 cm³/mol. The smallest absolute Gasteiger partial charge is 0.247 e. The summed E-state index contributed by atoms with van der Waals surface area (Å²) < 4.78 is 8.28. The molecule has 4 heterocycles. The molecule has 3 saturated heterocycles. The number of para-hydroxylation sites is 1. The molecule has 194 valence electrons. The molecule has 1 aromatic heterocycles. The number of ether oxygens (including phenoxy) is 1. The fraction of sp³-hybridized carbons (Fsp3) is 0.640. The Balaban J connectivity index is 1.45. The molecule has 2 unspecified atom stereocenters. The maximum Gasteiger partial charge on any atom is 0.247 e. The van der Waals surface area contributed by atoms with E-state index in [2.05, 4.69) is 20.9 Å². The lowest BCUT2D eigenvalue weighted by atomic mass is 9.65. The summed E-state index contributed by atoms with van der Waals surface area (Å²) >= 11 is 0. The zero-order chi connectivity index (χ0) is 25.5. The number of hydrogen-bond acceptors (Lipinski definition) is 7. The number of aliphatic hydroxyl groups is 1. The lowest BCUT2D eigenvalue weighted by Crippen LogP contribution is -2.55. The van der Waals surface area contributed by atoms with Crippen LogP contribution >= 0.6 is 0 Å². The summed E-state index contributed by atoms with van der Waals surface area (Å²) in [4.78, 5) is 42.3. The van der Waals surface area contributed by atoms with Crippen molar-refractivity contribution < 1.29 is 24.2 Å². The van der Waals surface area contributed by atoms with E-state index in [9.17, 15) is 14.4 Å². The topological polar surface area (TPSA) is 139 Å². The number of likely N-dealkylation sites (tertiary alicyclic amines) is 1. The Hall–Kier alpha value is -3.05. The number of benzene rings is 1. The Bertz CT molecular complexity index is 1170. The maximum absolute atomic E-state index is 13.9. The number of fused-ring (bicyclic) bond motifs is 2. The Morgan fingerprint density at radius 3 is 2.75 bits per heavy atom. The van der Waals surface area contributed by atoms with E-state index in [0.29, 0.717) is 38.6 Å². The second-order valence-electron chi connectivity index (χ2n) is 10.0. The molecule has 5 atom stereocenters. The summed E-state index contributed by atoms with van der Waals surface area (Å²) in [5, 5.41) is 23.1. The first kappa shape index (κ1) is 24.6. The van der Waals surface area contributed by atoms with E-state index in [1.54, 1.807) is 16.6 Å². The molecule has 3 aliphatic rings. The van der Waals surface area contributed by atoms with E-state index in [4.69, 9.17) is 9.84 Å². The third-order valence-corrected chi connectivity index (χ3v) is 8.34. The van der Waals surface area contributed by atoms with Gasteiger partial charge in [0.25, 0.3) is 0 Å². The molecule has 0 radical (unpaired) electrons. The van der Waals surface area contributed by atoms with E-state index in [0.717, 1.165) is 17.5 Å². The van der Waals surface area contributed by atoms with Gasteiger partial charge in [-0.25, -0.2) is 4.68 Å². The van der Waals surface area contributed by atoms with Crippen LogP contribution in [0, 0.1) is 11.8 Å². The molecule has 2 bridgehead atoms. The molecule has 1 aromatic carbocycles. The number of amides is 3. The van der Waals surface area contributed by atoms with Gasteiger partial charge in [-0.1, -0.05) is 24.3 Å². The Kier molecular flexibility index (Phi) is 6.46. The van der Waals surface area contributed by atoms with Gasteiger partial charge in [0.1, 0.15) is 23.8 Å². The van der Waals surface area contributed by atoms with Crippen molar-refractivity contribution in [2.75, 3.05) is 20.2 Å². The summed E-state index contributed by atoms with van der Waals surface area (Å²) in [5.41, 5.74) is -0.275. The van der Waals surface area contributed by atoms with Crippen molar-refractivity contribution in [1.82, 2.24) is 30.5 Å². The molecule has 1 spiro atoms. The van der Waals surface area contributed by atoms with Crippen LogP contribution in [0.5, 0.6) is 0 Å². The molecule has 0 aliphatic carbocycles. The zero-order valence-corrected chi connectivity index (χ0v) is 20.8. The minimum absolute atomic E-state index is 0.0805. The molecule has 11 heteroatoms. The van der Waals surface area contributed by atoms with Crippen LogP contribution in [-0.2, 0) is 25.8 Å². The molecule has 2 aromatic rings. The van der Waals surface area contributed by atoms with Gasteiger partial charge >= 0.3 is 0 Å². The SMILES string of the molecule is CC[C@@]12CCC3(O1)C(C(=O)NCn1nnc4ccccc41)N(CCCCCO)C(=O)[C@@H]3[C@@H]2C(=O)NC. The van der Waals surface area contributed by atoms with Crippen LogP contribution in [0.25, 0.3) is 11.0 Å². The lowest BCUT2D eigenvalue weighted by molar-refractivity contribution is -0.147. The van der Waals surface area contributed by atoms with Crippen LogP contribution in [0.2, 0.25) is 0 Å². The summed E-state index contributed by atoms with van der Waals surface area (Å²) in [5.74, 6) is -2.07. The molecule has 0 saturated carbocycles. The van der Waals surface area contributed by atoms with Crippen molar-refractivity contribution in [2.24, 2.45) is 11.8 Å². The quantitative estimate of drug-likeness (QED) is 0.407. The molecule has 5 rings (SSSR count). The number of aliphatic hydroxyl groups excluding tert-OH is 1. The van der Waals surface area contributed by atoms with Gasteiger partial charge in [0.2, 0.25) is 17.7 Å². The number of nitrogens with one attached hydrogen (secondary N) is 2. The average Bonchev–Trinajstić information content (AvgIpc) is 3.62. The zero-order valence-electron chi connectivity index (χ0n) is 20.8. The number of aromatic nitrogens is 3. The monoisotopic (exact) mass is 498 g/mol. The summed E-state index contributed by atoms with van der Waals surface area (Å²) in [6.45, 7) is 2.51. The fourth-order valence-corrected chi connectivity index (χ4v) is 6.67. The average molecular weight is 499 g/mol. The van der Waals surface area contributed by atoms with E-state index in [1.807, 2.05) is 31.2 Å². The number of unbranched alkanes of at least 4 members (excludes halogenated alkanes) is 2. The molecule has 36 heavy (non-hydrogen) atoms. The normalized spacial score (nSPS) is 30.7. The molecule has 11 nitrogen and oxygen atoms in total. The van der Waals surface area contributed by atoms with Gasteiger partial charge in [0.15, 0.2) is 0 Å². The van der Waals surface area contributed by atoms with Gasteiger partial charge < -0.3 is 25.4 Å². The van der Waals surface area contributed by atoms with Crippen molar-refractivity contribution in [1.29, 1.82) is 0 Å². The number of rotatable bonds is 10. The molecular weight excluding hydrogens is 464 g/mol. The first-order valence-corrected chi connectivity index (χ1v) is 12.8. The first-order valence-electron chi connectivity index (χ1n) is 12.8. The molecular formula is C25H34N6O5. The second-order valence-corrected chi connectivity index (χ2v) is 10.0. The first-order chi connectivity index (χ1) is 17.4. The Labute approximate surface area is 209 Å². The van der Waals surface area contributed by atoms with Crippen LogP contribution in [0.15, 0.2) is 24.3 Å². The van der Waals surface area contributed by atoms with Gasteiger partial charge in [-0.3, -0.25) is 14.4 Å². The molecule has 3 amide bonds. The highest BCUT2D eigenvalue weighted by atomic mass is 16.5. The van der Waals surface area contributed by atoms with Gasteiger partial charge in [0, 0.05) is 20.2 Å². The predicted octanol–water partition coefficient (Wildman–Crippen LogP) is 0.568. The Morgan fingerprint density at radius 1 is 1.19 bits per heavy atom. The molecule has 3 aliphatic heterocycles. The summed E-state index contributed by atoms with van der Waals surface area (Å²) in [6, 6.07) is 6.64. The van der Waals surface area contributed by atoms with Gasteiger partial charge in [0.05, 0.1) is 23.0 Å². The number of carbonyl (C=O) groups is 3. The van der Waals surface area contributed by atoms with Gasteiger partial charge in [-0.05, 0) is 50.7 Å². The van der Waals surface area contributed by atoms with Crippen molar-refractivity contribution >= 4 is 28.8 Å². The molecule has 3 N–H and O–H groups in total. The second kappa shape index (κ2) is 9.44. The summed E-state index contributed by atoms with van der Waals surface area (Å²) in [7, 11) is 1.57. The van der Waals surface area contributed by atoms with Crippen molar-refractivity contribution in [3.05, 3.63) is 24.3 Å². The molecule has 3 fully saturated rings. The van der Waals surface area contributed by atoms with E-state index in [-0.39, 0.29) is 31.0 Å². The summed E-state index contributed by atoms with van der Waals surface area (Å²) in [6.07, 6.45) is 3.77. The number of nitrogens with zero attached hydrogens (tertiary/aromatic N) is 4. The van der Waals surface area contributed by atoms with Crippen molar-refractivity contribution in [2.45, 2.75) is 69.4 Å². The number of hydrogen-bond donors (Lipinski definition) is 3. The van der Waals surface area contributed by atoms with Crippen molar-refractivity contribution in [3.63, 3.8) is 0 Å². The highest BCUT2D eigenvalue weighted by molar-refractivity contribution is 5.99. The van der Waals surface area contributed by atoms with Crippen LogP contribution in [0.1, 0.15) is 45.4 Å². The van der Waals surface area contributed by atoms with Crippen LogP contribution < -0.4 is 10.6 Å². The minimum Gasteiger partial charge on any atom is -0.396 e. The van der Waals surface area contributed by atoms with Crippen molar-refractivity contribution in [3.8, 4) is 0 Å². The maximum atomic E-state index is 13.9. The van der Waals surface area contributed by atoms with E-state index in [1.165, 1.54) is 0 Å². The lowest BCUT2D eigenvalue weighted by Gasteiger charge is -2.33. The highest BCUT2D eigenvalue weighted by Gasteiger charge is 2.78. The third-order valence-electron chi connectivity index (χ3n) is 8.34. The minimum atomic E-state index is -1.05. The standard InChI is InChI=1S/C25H34N6O5/c1-3-24-11-12-25(36-24)19(18(24)21(33)26-2)23(35)30(13-7-4-8-14-32)20(25)22(34)27-15-31-17-10-6-5-9-16(17)28-29-31/h5-6,9-10,18-20,32H,3-4,7-8,11-15H2,1-2H3,(H,26,33)(H,27,34)/t18-,19+,20?,24+,25?/m1/s1. The third kappa shape index (κ3) is 3.59.